The van der Waals surface area contributed by atoms with Gasteiger partial charge in [-0.3, -0.25) is 9.59 Å². The summed E-state index contributed by atoms with van der Waals surface area (Å²) in [6.45, 7) is 2.37. The minimum atomic E-state index is -0.405. The van der Waals surface area contributed by atoms with Gasteiger partial charge in [0.2, 0.25) is 0 Å². The van der Waals surface area contributed by atoms with Crippen LogP contribution in [-0.4, -0.2) is 22.6 Å². The van der Waals surface area contributed by atoms with Crippen LogP contribution in [-0.2, 0) is 6.42 Å². The molecule has 1 aliphatic heterocycles. The number of nitrogens with one attached hydrogen (secondary N) is 2. The highest BCUT2D eigenvalue weighted by atomic mass is 16.2. The Morgan fingerprint density at radius 1 is 1.38 bits per heavy atom. The number of aromatic amines is 1. The van der Waals surface area contributed by atoms with E-state index in [0.29, 0.717) is 13.0 Å². The fourth-order valence-corrected chi connectivity index (χ4v) is 1.51. The van der Waals surface area contributed by atoms with Gasteiger partial charge in [0.1, 0.15) is 5.56 Å². The smallest absolute Gasteiger partial charge is 0.277 e. The maximum Gasteiger partial charge on any atom is 0.277 e. The zero-order chi connectivity index (χ0) is 9.42. The molecule has 13 heavy (non-hydrogen) atoms. The zero-order valence-electron chi connectivity index (χ0n) is 7.18. The van der Waals surface area contributed by atoms with E-state index in [2.05, 4.69) is 15.5 Å². The second kappa shape index (κ2) is 2.69. The van der Waals surface area contributed by atoms with Crippen molar-refractivity contribution in [2.24, 2.45) is 0 Å². The SMILES string of the molecule is Cc1n[nH]c(=O)c2c1CCNC2=O. The first-order valence-electron chi connectivity index (χ1n) is 4.06. The number of carbonyl (C=O) groups excluding carboxylic acids is 1. The number of carbonyl (C=O) groups is 1. The van der Waals surface area contributed by atoms with Crippen molar-refractivity contribution in [1.82, 2.24) is 15.5 Å². The number of aryl methyl sites for hydroxylation is 1. The van der Waals surface area contributed by atoms with E-state index in [1.54, 1.807) is 6.92 Å². The molecule has 1 aliphatic rings. The van der Waals surface area contributed by atoms with Crippen LogP contribution < -0.4 is 10.9 Å². The third-order valence-electron chi connectivity index (χ3n) is 2.18. The van der Waals surface area contributed by atoms with E-state index >= 15 is 0 Å². The Hall–Kier alpha value is -1.65. The molecule has 2 N–H and O–H groups in total. The summed E-state index contributed by atoms with van der Waals surface area (Å²) in [6, 6.07) is 0. The lowest BCUT2D eigenvalue weighted by molar-refractivity contribution is 0.0943. The van der Waals surface area contributed by atoms with Crippen molar-refractivity contribution in [3.8, 4) is 0 Å². The van der Waals surface area contributed by atoms with Crippen LogP contribution in [0.4, 0.5) is 0 Å². The lowest BCUT2D eigenvalue weighted by Gasteiger charge is -2.15. The molecule has 1 amide bonds. The molecule has 0 radical (unpaired) electrons. The summed E-state index contributed by atoms with van der Waals surface area (Å²) < 4.78 is 0. The Balaban J connectivity index is 2.75. The van der Waals surface area contributed by atoms with Crippen molar-refractivity contribution < 1.29 is 4.79 Å². The van der Waals surface area contributed by atoms with Gasteiger partial charge in [-0.05, 0) is 18.9 Å². The van der Waals surface area contributed by atoms with Gasteiger partial charge in [0.05, 0.1) is 5.69 Å². The van der Waals surface area contributed by atoms with Gasteiger partial charge >= 0.3 is 0 Å². The number of aromatic nitrogens is 2. The summed E-state index contributed by atoms with van der Waals surface area (Å²) in [6.07, 6.45) is 0.684. The van der Waals surface area contributed by atoms with E-state index in [-0.39, 0.29) is 11.5 Å². The third kappa shape index (κ3) is 1.12. The molecule has 2 rings (SSSR count). The van der Waals surface area contributed by atoms with Gasteiger partial charge in [-0.15, -0.1) is 0 Å². The Morgan fingerprint density at radius 2 is 2.15 bits per heavy atom. The Bertz CT molecular complexity index is 422. The van der Waals surface area contributed by atoms with Gasteiger partial charge in [0.15, 0.2) is 0 Å². The van der Waals surface area contributed by atoms with Crippen molar-refractivity contribution >= 4 is 5.91 Å². The molecule has 0 aromatic carbocycles. The summed E-state index contributed by atoms with van der Waals surface area (Å²) in [4.78, 5) is 22.5. The molecule has 0 aliphatic carbocycles. The van der Waals surface area contributed by atoms with E-state index in [4.69, 9.17) is 0 Å². The third-order valence-corrected chi connectivity index (χ3v) is 2.18. The van der Waals surface area contributed by atoms with Crippen LogP contribution in [0.2, 0.25) is 0 Å². The number of H-pyrrole nitrogens is 1. The van der Waals surface area contributed by atoms with Crippen LogP contribution in [0.25, 0.3) is 0 Å². The fraction of sp³-hybridized carbons (Fsp3) is 0.375. The van der Waals surface area contributed by atoms with E-state index < -0.39 is 5.56 Å². The molecule has 0 fully saturated rings. The molecule has 2 heterocycles. The second-order valence-electron chi connectivity index (χ2n) is 3.00. The van der Waals surface area contributed by atoms with Crippen LogP contribution >= 0.6 is 0 Å². The predicted octanol–water partition coefficient (Wildman–Crippen LogP) is -0.636. The maximum absolute atomic E-state index is 11.3. The minimum Gasteiger partial charge on any atom is -0.352 e. The number of rotatable bonds is 0. The van der Waals surface area contributed by atoms with Gasteiger partial charge in [-0.25, -0.2) is 5.10 Å². The number of amides is 1. The topological polar surface area (TPSA) is 74.8 Å². The molecule has 0 bridgehead atoms. The lowest BCUT2D eigenvalue weighted by atomic mass is 10.0. The average molecular weight is 179 g/mol. The first-order chi connectivity index (χ1) is 6.20. The number of fused-ring (bicyclic) bond motifs is 1. The summed E-state index contributed by atoms with van der Waals surface area (Å²) in [7, 11) is 0. The summed E-state index contributed by atoms with van der Waals surface area (Å²) in [5.41, 5.74) is 1.31. The van der Waals surface area contributed by atoms with Gasteiger partial charge < -0.3 is 5.32 Å². The quantitative estimate of drug-likeness (QED) is 0.556. The Kier molecular flexibility index (Phi) is 1.65. The van der Waals surface area contributed by atoms with Gasteiger partial charge in [0.25, 0.3) is 11.5 Å². The van der Waals surface area contributed by atoms with Crippen molar-refractivity contribution in [3.05, 3.63) is 27.2 Å². The zero-order valence-corrected chi connectivity index (χ0v) is 7.18. The van der Waals surface area contributed by atoms with Crippen LogP contribution in [0.3, 0.4) is 0 Å². The first kappa shape index (κ1) is 7.97. The van der Waals surface area contributed by atoms with E-state index in [1.807, 2.05) is 0 Å². The Morgan fingerprint density at radius 3 is 2.85 bits per heavy atom. The second-order valence-corrected chi connectivity index (χ2v) is 3.00. The standard InChI is InChI=1S/C8H9N3O2/c1-4-5-2-3-9-7(12)6(5)8(13)11-10-4/h2-3H2,1H3,(H,9,12)(H,11,13). The summed E-state index contributed by atoms with van der Waals surface area (Å²) >= 11 is 0. The molecule has 0 atom stereocenters. The monoisotopic (exact) mass is 179 g/mol. The highest BCUT2D eigenvalue weighted by molar-refractivity contribution is 5.96. The molecule has 0 saturated heterocycles. The molecule has 1 aromatic rings. The average Bonchev–Trinajstić information content (AvgIpc) is 2.12. The molecule has 68 valence electrons. The molecule has 1 aromatic heterocycles. The van der Waals surface area contributed by atoms with Gasteiger partial charge in [-0.1, -0.05) is 0 Å². The molecule has 5 nitrogen and oxygen atoms in total. The minimum absolute atomic E-state index is 0.221. The fourth-order valence-electron chi connectivity index (χ4n) is 1.51. The van der Waals surface area contributed by atoms with E-state index in [9.17, 15) is 9.59 Å². The number of nitrogens with zero attached hydrogens (tertiary/aromatic N) is 1. The van der Waals surface area contributed by atoms with Crippen molar-refractivity contribution in [1.29, 1.82) is 0 Å². The molecule has 0 spiro atoms. The van der Waals surface area contributed by atoms with Crippen LogP contribution in [0.5, 0.6) is 0 Å². The highest BCUT2D eigenvalue weighted by Crippen LogP contribution is 2.10. The largest absolute Gasteiger partial charge is 0.352 e. The normalized spacial score (nSPS) is 15.0. The predicted molar refractivity (Wildman–Crippen MR) is 45.6 cm³/mol. The van der Waals surface area contributed by atoms with E-state index in [1.165, 1.54) is 0 Å². The number of hydrogen-bond donors (Lipinski definition) is 2. The van der Waals surface area contributed by atoms with E-state index in [0.717, 1.165) is 11.3 Å². The highest BCUT2D eigenvalue weighted by Gasteiger charge is 2.22. The van der Waals surface area contributed by atoms with Crippen molar-refractivity contribution in [3.63, 3.8) is 0 Å². The van der Waals surface area contributed by atoms with Crippen LogP contribution in [0.15, 0.2) is 4.79 Å². The van der Waals surface area contributed by atoms with Crippen LogP contribution in [0, 0.1) is 6.92 Å². The maximum atomic E-state index is 11.3. The van der Waals surface area contributed by atoms with Crippen LogP contribution in [0.1, 0.15) is 21.6 Å². The summed E-state index contributed by atoms with van der Waals surface area (Å²) in [5, 5.41) is 8.72. The lowest BCUT2D eigenvalue weighted by Crippen LogP contribution is -2.38. The molecule has 5 heteroatoms. The molecule has 0 saturated carbocycles. The molecule has 0 unspecified atom stereocenters. The number of hydrogen-bond acceptors (Lipinski definition) is 3. The van der Waals surface area contributed by atoms with Crippen molar-refractivity contribution in [2.75, 3.05) is 6.54 Å². The molecular formula is C8H9N3O2. The van der Waals surface area contributed by atoms with Crippen molar-refractivity contribution in [2.45, 2.75) is 13.3 Å². The summed E-state index contributed by atoms with van der Waals surface area (Å²) in [5.74, 6) is -0.298. The van der Waals surface area contributed by atoms with Gasteiger partial charge in [0, 0.05) is 6.54 Å². The first-order valence-corrected chi connectivity index (χ1v) is 4.06. The molecular weight excluding hydrogens is 170 g/mol. The Labute approximate surface area is 74.2 Å². The van der Waals surface area contributed by atoms with Gasteiger partial charge in [-0.2, -0.15) is 5.10 Å².